The number of halogens is 2. The third-order valence-electron chi connectivity index (χ3n) is 3.39. The molecular formula is C17H28ClFN2O2. The number of hydrogen-bond donors (Lipinski definition) is 2. The summed E-state index contributed by atoms with van der Waals surface area (Å²) in [6, 6.07) is 6.24. The second kappa shape index (κ2) is 10.4. The van der Waals surface area contributed by atoms with Crippen LogP contribution in [0, 0.1) is 11.7 Å². The van der Waals surface area contributed by atoms with Crippen molar-refractivity contribution in [3.63, 3.8) is 0 Å². The third-order valence-corrected chi connectivity index (χ3v) is 3.39. The van der Waals surface area contributed by atoms with Gasteiger partial charge in [-0.15, -0.1) is 12.4 Å². The minimum atomic E-state index is -0.389. The average molecular weight is 347 g/mol. The molecule has 3 N–H and O–H groups in total. The van der Waals surface area contributed by atoms with Crippen molar-refractivity contribution in [1.29, 1.82) is 0 Å². The number of benzene rings is 1. The van der Waals surface area contributed by atoms with Gasteiger partial charge in [0.25, 0.3) is 0 Å². The van der Waals surface area contributed by atoms with Crippen LogP contribution in [0.1, 0.15) is 40.0 Å². The van der Waals surface area contributed by atoms with E-state index in [1.54, 1.807) is 18.2 Å². The number of carbonyl (C=O) groups excluding carboxylic acids is 1. The van der Waals surface area contributed by atoms with Gasteiger partial charge in [0.2, 0.25) is 5.91 Å². The van der Waals surface area contributed by atoms with Gasteiger partial charge in [0.1, 0.15) is 0 Å². The topological polar surface area (TPSA) is 64.3 Å². The maximum atomic E-state index is 13.3. The Labute approximate surface area is 144 Å². The first-order valence-corrected chi connectivity index (χ1v) is 7.75. The Hall–Kier alpha value is -1.33. The maximum absolute atomic E-state index is 13.3. The summed E-state index contributed by atoms with van der Waals surface area (Å²) in [6.07, 6.45) is 1.70. The minimum absolute atomic E-state index is 0. The van der Waals surface area contributed by atoms with Crippen LogP contribution in [0.3, 0.4) is 0 Å². The molecule has 0 saturated heterocycles. The summed E-state index contributed by atoms with van der Waals surface area (Å²) < 4.78 is 18.7. The Morgan fingerprint density at radius 2 is 2.04 bits per heavy atom. The molecule has 0 bridgehead atoms. The van der Waals surface area contributed by atoms with Gasteiger partial charge in [-0.3, -0.25) is 4.79 Å². The molecule has 1 atom stereocenters. The summed E-state index contributed by atoms with van der Waals surface area (Å²) in [6.45, 7) is 6.87. The van der Waals surface area contributed by atoms with Crippen LogP contribution >= 0.6 is 12.4 Å². The fraction of sp³-hybridized carbons (Fsp3) is 0.588. The Balaban J connectivity index is 0.00000484. The highest BCUT2D eigenvalue weighted by molar-refractivity contribution is 5.85. The second-order valence-electron chi connectivity index (χ2n) is 6.29. The van der Waals surface area contributed by atoms with Crippen molar-refractivity contribution in [3.05, 3.63) is 30.1 Å². The van der Waals surface area contributed by atoms with Crippen molar-refractivity contribution in [2.24, 2.45) is 11.7 Å². The molecule has 0 aliphatic carbocycles. The maximum Gasteiger partial charge on any atom is 0.220 e. The molecule has 0 aliphatic rings. The van der Waals surface area contributed by atoms with Gasteiger partial charge in [-0.1, -0.05) is 26.0 Å². The van der Waals surface area contributed by atoms with E-state index < -0.39 is 0 Å². The summed E-state index contributed by atoms with van der Waals surface area (Å²) in [5, 5.41) is 2.99. The van der Waals surface area contributed by atoms with E-state index in [4.69, 9.17) is 10.5 Å². The van der Waals surface area contributed by atoms with Gasteiger partial charge in [-0.25, -0.2) is 4.39 Å². The lowest BCUT2D eigenvalue weighted by molar-refractivity contribution is -0.123. The first kappa shape index (κ1) is 21.7. The van der Waals surface area contributed by atoms with E-state index >= 15 is 0 Å². The van der Waals surface area contributed by atoms with Gasteiger partial charge < -0.3 is 15.8 Å². The monoisotopic (exact) mass is 346 g/mol. The van der Waals surface area contributed by atoms with Gasteiger partial charge in [-0.2, -0.15) is 0 Å². The number of amides is 1. The van der Waals surface area contributed by atoms with Gasteiger partial charge in [0, 0.05) is 18.5 Å². The fourth-order valence-electron chi connectivity index (χ4n) is 2.46. The zero-order chi connectivity index (χ0) is 16.6. The molecule has 1 amide bonds. The molecule has 0 aliphatic heterocycles. The van der Waals surface area contributed by atoms with Crippen molar-refractivity contribution in [2.75, 3.05) is 13.2 Å². The Morgan fingerprint density at radius 3 is 2.61 bits per heavy atom. The largest absolute Gasteiger partial charge is 0.491 e. The van der Waals surface area contributed by atoms with E-state index in [9.17, 15) is 9.18 Å². The first-order chi connectivity index (χ1) is 10.4. The number of carbonyl (C=O) groups is 1. The van der Waals surface area contributed by atoms with Gasteiger partial charge in [0.05, 0.1) is 6.61 Å². The van der Waals surface area contributed by atoms with E-state index in [0.29, 0.717) is 31.9 Å². The Kier molecular flexibility index (Phi) is 9.84. The number of nitrogens with two attached hydrogens (primary N) is 1. The smallest absolute Gasteiger partial charge is 0.220 e. The highest BCUT2D eigenvalue weighted by atomic mass is 35.5. The van der Waals surface area contributed by atoms with Crippen molar-refractivity contribution in [2.45, 2.75) is 45.6 Å². The quantitative estimate of drug-likeness (QED) is 0.674. The summed E-state index contributed by atoms with van der Waals surface area (Å²) in [5.41, 5.74) is 5.39. The van der Waals surface area contributed by atoms with Crippen molar-refractivity contribution in [3.8, 4) is 5.75 Å². The summed E-state index contributed by atoms with van der Waals surface area (Å²) in [5.74, 6) is 0.234. The molecule has 0 spiro atoms. The zero-order valence-corrected chi connectivity index (χ0v) is 14.9. The number of para-hydroxylation sites is 1. The molecule has 0 fully saturated rings. The molecular weight excluding hydrogens is 319 g/mol. The van der Waals surface area contributed by atoms with E-state index in [1.807, 2.05) is 6.92 Å². The number of ether oxygens (including phenoxy) is 1. The summed E-state index contributed by atoms with van der Waals surface area (Å²) >= 11 is 0. The van der Waals surface area contributed by atoms with Crippen LogP contribution in [0.2, 0.25) is 0 Å². The zero-order valence-electron chi connectivity index (χ0n) is 14.1. The third kappa shape index (κ3) is 8.18. The lowest BCUT2D eigenvalue weighted by Crippen LogP contribution is -2.52. The molecule has 0 aromatic heterocycles. The molecule has 1 unspecified atom stereocenters. The number of rotatable bonds is 9. The van der Waals surface area contributed by atoms with Crippen molar-refractivity contribution < 1.29 is 13.9 Å². The predicted octanol–water partition coefficient (Wildman–Crippen LogP) is 3.29. The first-order valence-electron chi connectivity index (χ1n) is 7.75. The lowest BCUT2D eigenvalue weighted by atomic mass is 9.90. The molecule has 0 saturated carbocycles. The predicted molar refractivity (Wildman–Crippen MR) is 93.4 cm³/mol. The van der Waals surface area contributed by atoms with Gasteiger partial charge >= 0.3 is 0 Å². The highest BCUT2D eigenvalue weighted by Gasteiger charge is 2.25. The molecule has 132 valence electrons. The SMILES string of the molecule is CC(C)CC(C)(CN)NC(=O)CCCOc1ccccc1F.Cl. The minimum Gasteiger partial charge on any atom is -0.491 e. The highest BCUT2D eigenvalue weighted by Crippen LogP contribution is 2.17. The number of nitrogens with one attached hydrogen (secondary N) is 1. The van der Waals surface area contributed by atoms with Crippen molar-refractivity contribution >= 4 is 18.3 Å². The van der Waals surface area contributed by atoms with Crippen LogP contribution < -0.4 is 15.8 Å². The molecule has 0 heterocycles. The number of hydrogen-bond acceptors (Lipinski definition) is 3. The molecule has 23 heavy (non-hydrogen) atoms. The van der Waals surface area contributed by atoms with Gasteiger partial charge in [-0.05, 0) is 37.8 Å². The molecule has 1 aromatic carbocycles. The average Bonchev–Trinajstić information content (AvgIpc) is 2.44. The van der Waals surface area contributed by atoms with E-state index in [1.165, 1.54) is 6.07 Å². The second-order valence-corrected chi connectivity index (χ2v) is 6.29. The van der Waals surface area contributed by atoms with Crippen LogP contribution in [0.15, 0.2) is 24.3 Å². The van der Waals surface area contributed by atoms with Crippen LogP contribution in [0.25, 0.3) is 0 Å². The van der Waals surface area contributed by atoms with E-state index in [-0.39, 0.29) is 35.4 Å². The Bertz CT molecular complexity index is 485. The molecule has 0 radical (unpaired) electrons. The van der Waals surface area contributed by atoms with Crippen LogP contribution in [0.5, 0.6) is 5.75 Å². The standard InChI is InChI=1S/C17H27FN2O2.ClH/c1-13(2)11-17(3,12-19)20-16(21)9-6-10-22-15-8-5-4-7-14(15)18;/h4-5,7-8,13H,6,9-12,19H2,1-3H3,(H,20,21);1H. The lowest BCUT2D eigenvalue weighted by Gasteiger charge is -2.31. The van der Waals surface area contributed by atoms with Crippen molar-refractivity contribution in [1.82, 2.24) is 5.32 Å². The van der Waals surface area contributed by atoms with E-state index in [2.05, 4.69) is 19.2 Å². The van der Waals surface area contributed by atoms with E-state index in [0.717, 1.165) is 6.42 Å². The fourth-order valence-corrected chi connectivity index (χ4v) is 2.46. The summed E-state index contributed by atoms with van der Waals surface area (Å²) in [4.78, 5) is 12.0. The van der Waals surface area contributed by atoms with Crippen LogP contribution in [0.4, 0.5) is 4.39 Å². The summed E-state index contributed by atoms with van der Waals surface area (Å²) in [7, 11) is 0. The van der Waals surface area contributed by atoms with Crippen LogP contribution in [-0.4, -0.2) is 24.6 Å². The van der Waals surface area contributed by atoms with Gasteiger partial charge in [0.15, 0.2) is 11.6 Å². The molecule has 1 rings (SSSR count). The molecule has 6 heteroatoms. The molecule has 4 nitrogen and oxygen atoms in total. The van der Waals surface area contributed by atoms with Crippen LogP contribution in [-0.2, 0) is 4.79 Å². The Morgan fingerprint density at radius 1 is 1.39 bits per heavy atom. The normalized spacial score (nSPS) is 13.1. The molecule has 1 aromatic rings.